The molecule has 1 aromatic heterocycles. The van der Waals surface area contributed by atoms with Crippen molar-refractivity contribution < 1.29 is 22.7 Å². The summed E-state index contributed by atoms with van der Waals surface area (Å²) in [6.45, 7) is 0.246. The molecular formula is C13H18F3NO2. The van der Waals surface area contributed by atoms with Gasteiger partial charge in [-0.05, 0) is 25.0 Å². The van der Waals surface area contributed by atoms with Crippen molar-refractivity contribution in [1.29, 1.82) is 0 Å². The van der Waals surface area contributed by atoms with Crippen molar-refractivity contribution in [3.63, 3.8) is 0 Å². The highest BCUT2D eigenvalue weighted by molar-refractivity contribution is 5.87. The second-order valence-electron chi connectivity index (χ2n) is 4.42. The average molecular weight is 277 g/mol. The van der Waals surface area contributed by atoms with Crippen LogP contribution in [-0.4, -0.2) is 23.3 Å². The Bertz CT molecular complexity index is 399. The number of ether oxygens (including phenoxy) is 1. The van der Waals surface area contributed by atoms with Crippen LogP contribution in [0.3, 0.4) is 0 Å². The summed E-state index contributed by atoms with van der Waals surface area (Å²) < 4.78 is 42.3. The van der Waals surface area contributed by atoms with E-state index in [1.165, 1.54) is 0 Å². The van der Waals surface area contributed by atoms with Crippen LogP contribution in [0.5, 0.6) is 0 Å². The minimum Gasteiger partial charge on any atom is -0.461 e. The van der Waals surface area contributed by atoms with Crippen molar-refractivity contribution in [1.82, 2.24) is 4.57 Å². The Labute approximate surface area is 110 Å². The zero-order valence-electron chi connectivity index (χ0n) is 10.9. The molecule has 0 aliphatic carbocycles. The third-order valence-corrected chi connectivity index (χ3v) is 2.74. The molecule has 0 aromatic carbocycles. The first-order valence-corrected chi connectivity index (χ1v) is 6.25. The standard InChI is InChI=1S/C13H18F3NO2/c1-17-9-6-7-11(17)12(18)19-10-5-3-2-4-8-13(14,15)16/h6-7,9H,2-5,8,10H2,1H3. The lowest BCUT2D eigenvalue weighted by Gasteiger charge is -2.07. The number of carbonyl (C=O) groups is 1. The summed E-state index contributed by atoms with van der Waals surface area (Å²) in [4.78, 5) is 11.6. The number of unbranched alkanes of at least 4 members (excludes halogenated alkanes) is 3. The van der Waals surface area contributed by atoms with Gasteiger partial charge in [0.2, 0.25) is 0 Å². The Morgan fingerprint density at radius 1 is 1.26 bits per heavy atom. The van der Waals surface area contributed by atoms with Gasteiger partial charge in [-0.2, -0.15) is 13.2 Å². The van der Waals surface area contributed by atoms with Crippen molar-refractivity contribution in [2.45, 2.75) is 38.3 Å². The maximum absolute atomic E-state index is 11.9. The van der Waals surface area contributed by atoms with Gasteiger partial charge in [-0.3, -0.25) is 0 Å². The quantitative estimate of drug-likeness (QED) is 0.562. The summed E-state index contributed by atoms with van der Waals surface area (Å²) in [6, 6.07) is 3.40. The van der Waals surface area contributed by atoms with E-state index >= 15 is 0 Å². The molecule has 6 heteroatoms. The van der Waals surface area contributed by atoms with Gasteiger partial charge >= 0.3 is 12.1 Å². The number of halogens is 3. The number of aromatic nitrogens is 1. The summed E-state index contributed by atoms with van der Waals surface area (Å²) in [5.74, 6) is -0.400. The van der Waals surface area contributed by atoms with Gasteiger partial charge in [0.25, 0.3) is 0 Å². The topological polar surface area (TPSA) is 31.2 Å². The molecule has 0 saturated heterocycles. The summed E-state index contributed by atoms with van der Waals surface area (Å²) >= 11 is 0. The largest absolute Gasteiger partial charge is 0.461 e. The molecule has 0 fully saturated rings. The summed E-state index contributed by atoms with van der Waals surface area (Å²) in [7, 11) is 1.74. The number of nitrogens with zero attached hydrogens (tertiary/aromatic N) is 1. The SMILES string of the molecule is Cn1cccc1C(=O)OCCCCCCC(F)(F)F. The van der Waals surface area contributed by atoms with E-state index in [-0.39, 0.29) is 13.0 Å². The first kappa shape index (κ1) is 15.6. The molecule has 0 unspecified atom stereocenters. The Hall–Kier alpha value is -1.46. The normalized spacial score (nSPS) is 11.6. The van der Waals surface area contributed by atoms with Crippen molar-refractivity contribution in [3.05, 3.63) is 24.0 Å². The van der Waals surface area contributed by atoms with E-state index < -0.39 is 18.6 Å². The summed E-state index contributed by atoms with van der Waals surface area (Å²) in [6.07, 6.45) is -1.20. The van der Waals surface area contributed by atoms with E-state index in [4.69, 9.17) is 4.74 Å². The molecule has 0 aliphatic rings. The number of hydrogen-bond acceptors (Lipinski definition) is 2. The van der Waals surface area contributed by atoms with Gasteiger partial charge in [0.1, 0.15) is 5.69 Å². The Morgan fingerprint density at radius 2 is 1.95 bits per heavy atom. The highest BCUT2D eigenvalue weighted by Crippen LogP contribution is 2.22. The van der Waals surface area contributed by atoms with Gasteiger partial charge in [0, 0.05) is 19.7 Å². The fourth-order valence-corrected chi connectivity index (χ4v) is 1.69. The van der Waals surface area contributed by atoms with Crippen LogP contribution < -0.4 is 0 Å². The van der Waals surface area contributed by atoms with E-state index in [0.29, 0.717) is 25.0 Å². The third kappa shape index (κ3) is 6.31. The first-order valence-electron chi connectivity index (χ1n) is 6.25. The lowest BCUT2D eigenvalue weighted by atomic mass is 10.1. The van der Waals surface area contributed by atoms with Crippen LogP contribution in [0, 0.1) is 0 Å². The van der Waals surface area contributed by atoms with Gasteiger partial charge in [-0.15, -0.1) is 0 Å². The van der Waals surface area contributed by atoms with Gasteiger partial charge in [0.05, 0.1) is 6.61 Å². The van der Waals surface area contributed by atoms with E-state index in [0.717, 1.165) is 0 Å². The Balaban J connectivity index is 2.06. The van der Waals surface area contributed by atoms with Crippen molar-refractivity contribution in [2.75, 3.05) is 6.61 Å². The van der Waals surface area contributed by atoms with E-state index in [9.17, 15) is 18.0 Å². The van der Waals surface area contributed by atoms with Gasteiger partial charge in [-0.1, -0.05) is 12.8 Å². The monoisotopic (exact) mass is 277 g/mol. The molecule has 0 amide bonds. The minimum atomic E-state index is -4.07. The Kier molecular flexibility index (Phi) is 5.92. The zero-order chi connectivity index (χ0) is 14.3. The summed E-state index contributed by atoms with van der Waals surface area (Å²) in [5.41, 5.74) is 0.470. The van der Waals surface area contributed by atoms with Gasteiger partial charge in [-0.25, -0.2) is 4.79 Å². The molecular weight excluding hydrogens is 259 g/mol. The maximum atomic E-state index is 11.9. The number of rotatable bonds is 7. The van der Waals surface area contributed by atoms with Crippen LogP contribution in [0.25, 0.3) is 0 Å². The third-order valence-electron chi connectivity index (χ3n) is 2.74. The molecule has 1 heterocycles. The van der Waals surface area contributed by atoms with E-state index in [1.807, 2.05) is 0 Å². The molecule has 0 spiro atoms. The Morgan fingerprint density at radius 3 is 2.53 bits per heavy atom. The molecule has 0 radical (unpaired) electrons. The predicted molar refractivity (Wildman–Crippen MR) is 64.8 cm³/mol. The molecule has 0 bridgehead atoms. The van der Waals surface area contributed by atoms with Crippen molar-refractivity contribution in [3.8, 4) is 0 Å². The molecule has 0 atom stereocenters. The van der Waals surface area contributed by atoms with E-state index in [2.05, 4.69) is 0 Å². The average Bonchev–Trinajstić information content (AvgIpc) is 2.72. The molecule has 0 aliphatic heterocycles. The highest BCUT2D eigenvalue weighted by atomic mass is 19.4. The zero-order valence-corrected chi connectivity index (χ0v) is 10.9. The molecule has 19 heavy (non-hydrogen) atoms. The molecule has 108 valence electrons. The number of alkyl halides is 3. The van der Waals surface area contributed by atoms with Gasteiger partial charge < -0.3 is 9.30 Å². The number of carbonyl (C=O) groups excluding carboxylic acids is 1. The lowest BCUT2D eigenvalue weighted by Crippen LogP contribution is -2.10. The number of esters is 1. The lowest BCUT2D eigenvalue weighted by molar-refractivity contribution is -0.135. The maximum Gasteiger partial charge on any atom is 0.389 e. The van der Waals surface area contributed by atoms with Crippen LogP contribution in [0.2, 0.25) is 0 Å². The van der Waals surface area contributed by atoms with E-state index in [1.54, 1.807) is 29.9 Å². The van der Waals surface area contributed by atoms with Crippen LogP contribution in [0.1, 0.15) is 42.6 Å². The van der Waals surface area contributed by atoms with Crippen LogP contribution in [0.15, 0.2) is 18.3 Å². The highest BCUT2D eigenvalue weighted by Gasteiger charge is 2.25. The number of aryl methyl sites for hydroxylation is 1. The molecule has 0 N–H and O–H groups in total. The smallest absolute Gasteiger partial charge is 0.389 e. The van der Waals surface area contributed by atoms with Crippen LogP contribution >= 0.6 is 0 Å². The molecule has 1 aromatic rings. The number of hydrogen-bond donors (Lipinski definition) is 0. The second kappa shape index (κ2) is 7.21. The van der Waals surface area contributed by atoms with Crippen LogP contribution in [0.4, 0.5) is 13.2 Å². The van der Waals surface area contributed by atoms with Crippen molar-refractivity contribution >= 4 is 5.97 Å². The molecule has 0 saturated carbocycles. The van der Waals surface area contributed by atoms with Crippen LogP contribution in [-0.2, 0) is 11.8 Å². The molecule has 1 rings (SSSR count). The minimum absolute atomic E-state index is 0.134. The fourth-order valence-electron chi connectivity index (χ4n) is 1.69. The second-order valence-corrected chi connectivity index (χ2v) is 4.42. The fraction of sp³-hybridized carbons (Fsp3) is 0.615. The molecule has 3 nitrogen and oxygen atoms in total. The first-order chi connectivity index (χ1) is 8.90. The predicted octanol–water partition coefficient (Wildman–Crippen LogP) is 3.69. The summed E-state index contributed by atoms with van der Waals surface area (Å²) in [5, 5.41) is 0. The van der Waals surface area contributed by atoms with Crippen molar-refractivity contribution in [2.24, 2.45) is 7.05 Å². The van der Waals surface area contributed by atoms with Gasteiger partial charge in [0.15, 0.2) is 0 Å².